The van der Waals surface area contributed by atoms with Gasteiger partial charge in [-0.25, -0.2) is 9.55 Å². The van der Waals surface area contributed by atoms with E-state index in [1.165, 1.54) is 17.0 Å². The van der Waals surface area contributed by atoms with E-state index >= 15 is 0 Å². The van der Waals surface area contributed by atoms with Gasteiger partial charge in [0.2, 0.25) is 0 Å². The first-order valence-electron chi connectivity index (χ1n) is 10.1. The number of ether oxygens (including phenoxy) is 2. The summed E-state index contributed by atoms with van der Waals surface area (Å²) >= 11 is 3.13. The van der Waals surface area contributed by atoms with Crippen LogP contribution in [0, 0.1) is 0 Å². The third-order valence-corrected chi connectivity index (χ3v) is 7.64. The van der Waals surface area contributed by atoms with Crippen LogP contribution >= 0.6 is 23.1 Å². The van der Waals surface area contributed by atoms with Crippen LogP contribution < -0.4 is 28.8 Å². The second-order valence-electron chi connectivity index (χ2n) is 7.21. The first-order valence-corrected chi connectivity index (χ1v) is 11.8. The molecule has 33 heavy (non-hydrogen) atoms. The van der Waals surface area contributed by atoms with Gasteiger partial charge in [0.25, 0.3) is 11.4 Å². The van der Waals surface area contributed by atoms with E-state index in [0.29, 0.717) is 16.0 Å². The smallest absolute Gasteiger partial charge is 0.282 e. The number of nitrogens with one attached hydrogen (secondary N) is 1. The van der Waals surface area contributed by atoms with Gasteiger partial charge in [0.15, 0.2) is 22.5 Å². The summed E-state index contributed by atoms with van der Waals surface area (Å²) in [5.74, 6) is 2.21. The monoisotopic (exact) mass is 489 g/mol. The Kier molecular flexibility index (Phi) is 7.72. The number of imidazole rings is 1. The summed E-state index contributed by atoms with van der Waals surface area (Å²) in [6.07, 6.45) is 5.88. The highest BCUT2D eigenvalue weighted by Crippen LogP contribution is 2.32. The van der Waals surface area contributed by atoms with Crippen molar-refractivity contribution in [3.8, 4) is 11.5 Å². The van der Waals surface area contributed by atoms with Gasteiger partial charge in [-0.15, -0.1) is 11.3 Å². The maximum atomic E-state index is 12.8. The van der Waals surface area contributed by atoms with Crippen molar-refractivity contribution in [1.29, 1.82) is 0 Å². The van der Waals surface area contributed by atoms with Crippen molar-refractivity contribution in [2.24, 2.45) is 14.1 Å². The number of aliphatic hydroxyl groups excluding tert-OH is 1. The highest BCUT2D eigenvalue weighted by molar-refractivity contribution is 8.06. The van der Waals surface area contributed by atoms with Crippen LogP contribution in [0.1, 0.15) is 12.7 Å². The van der Waals surface area contributed by atoms with Gasteiger partial charge in [-0.3, -0.25) is 4.79 Å². The van der Waals surface area contributed by atoms with E-state index in [1.807, 2.05) is 49.0 Å². The normalized spacial score (nSPS) is 15.8. The van der Waals surface area contributed by atoms with Crippen molar-refractivity contribution in [2.75, 3.05) is 28.4 Å². The molecular weight excluding hydrogens is 460 g/mol. The van der Waals surface area contributed by atoms with E-state index in [-0.39, 0.29) is 5.56 Å². The summed E-state index contributed by atoms with van der Waals surface area (Å²) in [4.78, 5) is 18.3. The third-order valence-electron chi connectivity index (χ3n) is 5.40. The lowest BCUT2D eigenvalue weighted by molar-refractivity contribution is -0.646. The Bertz CT molecular complexity index is 1410. The number of methoxy groups -OCH3 is 2. The first-order chi connectivity index (χ1) is 15.8. The number of H-pyrrole nitrogens is 1. The maximum absolute atomic E-state index is 12.8. The number of allylic oxidation sites excluding steroid dienone is 2. The van der Waals surface area contributed by atoms with Crippen LogP contribution in [0.25, 0.3) is 23.2 Å². The number of nitrogens with zero attached hydrogens (tertiary/aromatic N) is 3. The molecule has 1 aromatic carbocycles. The number of aliphatic hydroxyl groups is 1. The minimum Gasteiger partial charge on any atom is -0.493 e. The first kappa shape index (κ1) is 24.7. The van der Waals surface area contributed by atoms with E-state index in [1.54, 1.807) is 37.6 Å². The number of aryl methyl sites for hydroxylation is 1. The lowest BCUT2D eigenvalue weighted by Crippen LogP contribution is -2.32. The van der Waals surface area contributed by atoms with Gasteiger partial charge in [-0.1, -0.05) is 11.8 Å². The second-order valence-corrected chi connectivity index (χ2v) is 9.17. The van der Waals surface area contributed by atoms with Crippen LogP contribution in [0.5, 0.6) is 11.5 Å². The summed E-state index contributed by atoms with van der Waals surface area (Å²) in [7, 11) is 10.0. The van der Waals surface area contributed by atoms with E-state index in [2.05, 4.69) is 22.2 Å². The quantitative estimate of drug-likeness (QED) is 0.539. The Labute approximate surface area is 200 Å². The molecule has 3 aromatic rings. The van der Waals surface area contributed by atoms with Crippen molar-refractivity contribution in [2.45, 2.75) is 6.92 Å². The highest BCUT2D eigenvalue weighted by Gasteiger charge is 2.18. The molecule has 0 atom stereocenters. The molecule has 176 valence electrons. The van der Waals surface area contributed by atoms with E-state index in [0.717, 1.165) is 33.7 Å². The van der Waals surface area contributed by atoms with Crippen LogP contribution in [0.4, 0.5) is 0 Å². The summed E-state index contributed by atoms with van der Waals surface area (Å²) in [5, 5.41) is 10.2. The van der Waals surface area contributed by atoms with Crippen LogP contribution in [-0.2, 0) is 14.1 Å². The fraction of sp³-hybridized carbons (Fsp3) is 0.304. The van der Waals surface area contributed by atoms with Gasteiger partial charge in [0.05, 0.1) is 36.9 Å². The minimum atomic E-state index is -0.00877. The molecule has 2 aromatic heterocycles. The molecule has 8 nitrogen and oxygen atoms in total. The number of benzene rings is 1. The van der Waals surface area contributed by atoms with E-state index in [9.17, 15) is 4.79 Å². The molecule has 0 spiro atoms. The SMILES string of the molecule is CO.COc1cc2[nH]c(C=c3s/c(=C/C=C4\SC=C(C)N4C)c(=O)n3C)[n+](C)c2cc1OC. The van der Waals surface area contributed by atoms with Gasteiger partial charge >= 0.3 is 0 Å². The largest absolute Gasteiger partial charge is 0.493 e. The van der Waals surface area contributed by atoms with Crippen LogP contribution in [0.3, 0.4) is 0 Å². The summed E-state index contributed by atoms with van der Waals surface area (Å²) < 4.78 is 16.1. The summed E-state index contributed by atoms with van der Waals surface area (Å²) in [5.41, 5.74) is 3.09. The standard InChI is InChI=1S/C22H24N4O3S2.CH4O/c1-13-12-30-20(24(13)2)8-7-18-22(27)26(4)21(31-18)11-19-23-14-9-16(28-5)17(29-6)10-15(14)25(19)3;1-2/h7-12H,1-6H3;2H,1H3/p+1/b18-7+,20-8-,21-11?;. The number of aromatic amines is 1. The molecule has 0 unspecified atom stereocenters. The average Bonchev–Trinajstić information content (AvgIpc) is 3.42. The zero-order valence-corrected chi connectivity index (χ0v) is 21.4. The summed E-state index contributed by atoms with van der Waals surface area (Å²) in [6.45, 7) is 2.07. The fourth-order valence-corrected chi connectivity index (χ4v) is 5.22. The van der Waals surface area contributed by atoms with Gasteiger partial charge in [-0.05, 0) is 24.5 Å². The number of thioether (sulfide) groups is 1. The molecule has 0 radical (unpaired) electrons. The fourth-order valence-electron chi connectivity index (χ4n) is 3.34. The van der Waals surface area contributed by atoms with E-state index < -0.39 is 0 Å². The lowest BCUT2D eigenvalue weighted by Gasteiger charge is -2.13. The van der Waals surface area contributed by atoms with E-state index in [4.69, 9.17) is 14.6 Å². The molecule has 1 aliphatic rings. The van der Waals surface area contributed by atoms with Crippen LogP contribution in [0.15, 0.2) is 39.1 Å². The third kappa shape index (κ3) is 4.73. The number of fused-ring (bicyclic) bond motifs is 1. The zero-order chi connectivity index (χ0) is 24.3. The molecule has 10 heteroatoms. The van der Waals surface area contributed by atoms with Crippen molar-refractivity contribution < 1.29 is 19.1 Å². The summed E-state index contributed by atoms with van der Waals surface area (Å²) in [6, 6.07) is 3.85. The molecule has 3 heterocycles. The Morgan fingerprint density at radius 1 is 1.12 bits per heavy atom. The Hall–Kier alpha value is -2.95. The highest BCUT2D eigenvalue weighted by atomic mass is 32.2. The predicted octanol–water partition coefficient (Wildman–Crippen LogP) is 1.37. The molecule has 2 N–H and O–H groups in total. The van der Waals surface area contributed by atoms with Gasteiger partial charge < -0.3 is 24.0 Å². The molecule has 0 saturated carbocycles. The molecule has 0 fully saturated rings. The molecule has 0 aliphatic carbocycles. The van der Waals surface area contributed by atoms with Gasteiger partial charge in [0.1, 0.15) is 4.66 Å². The van der Waals surface area contributed by atoms with Crippen molar-refractivity contribution in [1.82, 2.24) is 14.5 Å². The topological polar surface area (TPSA) is 83.6 Å². The van der Waals surface area contributed by atoms with Gasteiger partial charge in [-0.2, -0.15) is 0 Å². The number of hydrogen-bond acceptors (Lipinski definition) is 7. The number of thiazole rings is 1. The molecule has 0 saturated heterocycles. The predicted molar refractivity (Wildman–Crippen MR) is 135 cm³/mol. The Morgan fingerprint density at radius 3 is 2.39 bits per heavy atom. The van der Waals surface area contributed by atoms with Gasteiger partial charge in [0, 0.05) is 39.0 Å². The molecular formula is C23H29N4O4S2+. The average molecular weight is 490 g/mol. The van der Waals surface area contributed by atoms with Crippen molar-refractivity contribution >= 4 is 46.3 Å². The minimum absolute atomic E-state index is 0.00877. The van der Waals surface area contributed by atoms with Crippen molar-refractivity contribution in [3.05, 3.63) is 59.7 Å². The number of hydrogen-bond donors (Lipinski definition) is 2. The number of rotatable bonds is 4. The van der Waals surface area contributed by atoms with Crippen molar-refractivity contribution in [3.63, 3.8) is 0 Å². The van der Waals surface area contributed by atoms with Crippen LogP contribution in [0.2, 0.25) is 0 Å². The zero-order valence-electron chi connectivity index (χ0n) is 19.8. The Balaban J connectivity index is 0.00000149. The Morgan fingerprint density at radius 2 is 1.79 bits per heavy atom. The number of aromatic nitrogens is 3. The molecule has 0 bridgehead atoms. The van der Waals surface area contributed by atoms with Crippen LogP contribution in [-0.4, -0.2) is 47.9 Å². The molecule has 4 rings (SSSR count). The maximum Gasteiger partial charge on any atom is 0.282 e. The molecule has 0 amide bonds. The second kappa shape index (κ2) is 10.3. The molecule has 1 aliphatic heterocycles. The lowest BCUT2D eigenvalue weighted by atomic mass is 10.2.